The van der Waals surface area contributed by atoms with Crippen molar-refractivity contribution in [2.24, 2.45) is 5.92 Å². The van der Waals surface area contributed by atoms with Crippen LogP contribution in [0, 0.1) is 5.92 Å². The highest BCUT2D eigenvalue weighted by molar-refractivity contribution is 4.96. The highest BCUT2D eigenvalue weighted by atomic mass is 16.5. The van der Waals surface area contributed by atoms with E-state index in [1.807, 2.05) is 0 Å². The van der Waals surface area contributed by atoms with Crippen molar-refractivity contribution in [1.29, 1.82) is 0 Å². The summed E-state index contributed by atoms with van der Waals surface area (Å²) in [4.78, 5) is 0. The lowest BCUT2D eigenvalue weighted by molar-refractivity contribution is -0.0871. The third kappa shape index (κ3) is 3.69. The minimum atomic E-state index is 0.0927. The summed E-state index contributed by atoms with van der Waals surface area (Å²) in [5.74, 6) is 0.685. The Morgan fingerprint density at radius 1 is 1.12 bits per heavy atom. The van der Waals surface area contributed by atoms with Crippen molar-refractivity contribution < 1.29 is 4.74 Å². The Morgan fingerprint density at radius 2 is 1.71 bits per heavy atom. The van der Waals surface area contributed by atoms with Crippen molar-refractivity contribution >= 4 is 0 Å². The normalized spacial score (nSPS) is 24.0. The fourth-order valence-electron chi connectivity index (χ4n) is 3.46. The molecule has 1 N–H and O–H groups in total. The van der Waals surface area contributed by atoms with Crippen molar-refractivity contribution in [2.75, 3.05) is 13.7 Å². The van der Waals surface area contributed by atoms with Crippen molar-refractivity contribution in [3.63, 3.8) is 0 Å². The molecule has 1 saturated carbocycles. The van der Waals surface area contributed by atoms with Gasteiger partial charge in [0.25, 0.3) is 0 Å². The maximum Gasteiger partial charge on any atom is 0.0837 e. The predicted molar refractivity (Wildman–Crippen MR) is 74.4 cm³/mol. The highest BCUT2D eigenvalue weighted by Gasteiger charge is 2.41. The van der Waals surface area contributed by atoms with Gasteiger partial charge in [-0.2, -0.15) is 0 Å². The van der Waals surface area contributed by atoms with E-state index in [1.165, 1.54) is 44.9 Å². The van der Waals surface area contributed by atoms with Crippen LogP contribution in [-0.4, -0.2) is 25.3 Å². The van der Waals surface area contributed by atoms with E-state index in [2.05, 4.69) is 33.1 Å². The van der Waals surface area contributed by atoms with Gasteiger partial charge in [-0.25, -0.2) is 0 Å². The largest absolute Gasteiger partial charge is 0.374 e. The molecule has 17 heavy (non-hydrogen) atoms. The van der Waals surface area contributed by atoms with Gasteiger partial charge >= 0.3 is 0 Å². The number of rotatable bonds is 6. The first kappa shape index (κ1) is 15.0. The van der Waals surface area contributed by atoms with Gasteiger partial charge in [-0.05, 0) is 32.7 Å². The van der Waals surface area contributed by atoms with Crippen LogP contribution >= 0.6 is 0 Å². The molecule has 0 spiro atoms. The molecule has 2 unspecified atom stereocenters. The predicted octanol–water partition coefficient (Wildman–Crippen LogP) is 3.75. The van der Waals surface area contributed by atoms with Crippen LogP contribution in [0.3, 0.4) is 0 Å². The second-order valence-corrected chi connectivity index (χ2v) is 5.56. The Kier molecular flexibility index (Phi) is 6.50. The van der Waals surface area contributed by atoms with Crippen LogP contribution in [0.1, 0.15) is 65.7 Å². The Labute approximate surface area is 108 Å². The van der Waals surface area contributed by atoms with Gasteiger partial charge < -0.3 is 10.1 Å². The summed E-state index contributed by atoms with van der Waals surface area (Å²) in [7, 11) is 2.10. The molecular formula is C15H31NO. The van der Waals surface area contributed by atoms with Gasteiger partial charge in [-0.1, -0.05) is 46.0 Å². The zero-order valence-corrected chi connectivity index (χ0v) is 12.2. The molecule has 1 rings (SSSR count). The first-order chi connectivity index (χ1) is 8.20. The van der Waals surface area contributed by atoms with E-state index in [-0.39, 0.29) is 5.60 Å². The van der Waals surface area contributed by atoms with E-state index in [0.717, 1.165) is 6.61 Å². The molecule has 0 bridgehead atoms. The zero-order valence-electron chi connectivity index (χ0n) is 12.2. The van der Waals surface area contributed by atoms with Crippen LogP contribution in [0.15, 0.2) is 0 Å². The molecule has 1 aliphatic rings. The van der Waals surface area contributed by atoms with Crippen LogP contribution in [0.5, 0.6) is 0 Å². The zero-order chi connectivity index (χ0) is 12.7. The molecule has 102 valence electrons. The van der Waals surface area contributed by atoms with Gasteiger partial charge in [-0.15, -0.1) is 0 Å². The first-order valence-corrected chi connectivity index (χ1v) is 7.51. The molecule has 2 heteroatoms. The lowest BCUT2D eigenvalue weighted by atomic mass is 9.79. The van der Waals surface area contributed by atoms with E-state index in [0.29, 0.717) is 12.0 Å². The number of ether oxygens (including phenoxy) is 1. The van der Waals surface area contributed by atoms with Gasteiger partial charge in [0.05, 0.1) is 5.60 Å². The SMILES string of the molecule is CCOC1(C(NC)C(C)CC)CCCCCC1. The fourth-order valence-corrected chi connectivity index (χ4v) is 3.46. The molecule has 1 fully saturated rings. The third-order valence-corrected chi connectivity index (χ3v) is 4.47. The average Bonchev–Trinajstić information content (AvgIpc) is 2.56. The molecule has 0 aromatic rings. The summed E-state index contributed by atoms with van der Waals surface area (Å²) in [6.45, 7) is 7.61. The molecule has 0 aliphatic heterocycles. The van der Waals surface area contributed by atoms with Gasteiger partial charge in [0.15, 0.2) is 0 Å². The van der Waals surface area contributed by atoms with Crippen LogP contribution in [-0.2, 0) is 4.74 Å². The van der Waals surface area contributed by atoms with Crippen molar-refractivity contribution in [1.82, 2.24) is 5.32 Å². The Morgan fingerprint density at radius 3 is 2.12 bits per heavy atom. The van der Waals surface area contributed by atoms with E-state index in [4.69, 9.17) is 4.74 Å². The first-order valence-electron chi connectivity index (χ1n) is 7.51. The topological polar surface area (TPSA) is 21.3 Å². The Bertz CT molecular complexity index is 197. The van der Waals surface area contributed by atoms with Gasteiger partial charge in [0.2, 0.25) is 0 Å². The molecule has 0 heterocycles. The maximum absolute atomic E-state index is 6.26. The molecule has 0 saturated heterocycles. The minimum Gasteiger partial charge on any atom is -0.374 e. The van der Waals surface area contributed by atoms with Crippen molar-refractivity contribution in [3.05, 3.63) is 0 Å². The van der Waals surface area contributed by atoms with Crippen LogP contribution < -0.4 is 5.32 Å². The van der Waals surface area contributed by atoms with Gasteiger partial charge in [0.1, 0.15) is 0 Å². The lowest BCUT2D eigenvalue weighted by Crippen LogP contribution is -2.54. The van der Waals surface area contributed by atoms with Crippen LogP contribution in [0.25, 0.3) is 0 Å². The van der Waals surface area contributed by atoms with E-state index >= 15 is 0 Å². The number of hydrogen-bond acceptors (Lipinski definition) is 2. The Balaban J connectivity index is 2.85. The monoisotopic (exact) mass is 241 g/mol. The quantitative estimate of drug-likeness (QED) is 0.715. The van der Waals surface area contributed by atoms with Crippen LogP contribution in [0.4, 0.5) is 0 Å². The van der Waals surface area contributed by atoms with Gasteiger partial charge in [-0.3, -0.25) is 0 Å². The summed E-state index contributed by atoms with van der Waals surface area (Å²) in [6.07, 6.45) is 9.11. The lowest BCUT2D eigenvalue weighted by Gasteiger charge is -2.43. The summed E-state index contributed by atoms with van der Waals surface area (Å²) in [6, 6.07) is 0.505. The number of nitrogens with one attached hydrogen (secondary N) is 1. The number of hydrogen-bond donors (Lipinski definition) is 1. The van der Waals surface area contributed by atoms with E-state index in [1.54, 1.807) is 0 Å². The highest BCUT2D eigenvalue weighted by Crippen LogP contribution is 2.36. The average molecular weight is 241 g/mol. The molecule has 2 atom stereocenters. The fraction of sp³-hybridized carbons (Fsp3) is 1.00. The van der Waals surface area contributed by atoms with Crippen molar-refractivity contribution in [2.45, 2.75) is 77.4 Å². The summed E-state index contributed by atoms with van der Waals surface area (Å²) in [5.41, 5.74) is 0.0927. The van der Waals surface area contributed by atoms with Crippen LogP contribution in [0.2, 0.25) is 0 Å². The molecule has 0 aromatic heterocycles. The standard InChI is InChI=1S/C15H31NO/c1-5-13(3)14(16-4)15(17-6-2)11-9-7-8-10-12-15/h13-14,16H,5-12H2,1-4H3. The van der Waals surface area contributed by atoms with E-state index < -0.39 is 0 Å². The third-order valence-electron chi connectivity index (χ3n) is 4.47. The summed E-state index contributed by atoms with van der Waals surface area (Å²) >= 11 is 0. The van der Waals surface area contributed by atoms with E-state index in [9.17, 15) is 0 Å². The second-order valence-electron chi connectivity index (χ2n) is 5.56. The summed E-state index contributed by atoms with van der Waals surface area (Å²) < 4.78 is 6.26. The molecule has 2 nitrogen and oxygen atoms in total. The molecule has 0 radical (unpaired) electrons. The molecule has 0 amide bonds. The molecule has 0 aromatic carbocycles. The maximum atomic E-state index is 6.26. The minimum absolute atomic E-state index is 0.0927. The molecular weight excluding hydrogens is 210 g/mol. The second kappa shape index (κ2) is 7.38. The number of likely N-dealkylation sites (N-methyl/N-ethyl adjacent to an activating group) is 1. The Hall–Kier alpha value is -0.0800. The summed E-state index contributed by atoms with van der Waals surface area (Å²) in [5, 5.41) is 3.55. The van der Waals surface area contributed by atoms with Crippen molar-refractivity contribution in [3.8, 4) is 0 Å². The molecule has 1 aliphatic carbocycles. The smallest absolute Gasteiger partial charge is 0.0837 e. The van der Waals surface area contributed by atoms with Gasteiger partial charge in [0, 0.05) is 12.6 Å².